The lowest BCUT2D eigenvalue weighted by Gasteiger charge is -2.13. The van der Waals surface area contributed by atoms with E-state index in [1.807, 2.05) is 30.3 Å². The van der Waals surface area contributed by atoms with Gasteiger partial charge in [0, 0.05) is 24.5 Å². The van der Waals surface area contributed by atoms with Crippen molar-refractivity contribution in [2.24, 2.45) is 0 Å². The lowest BCUT2D eigenvalue weighted by molar-refractivity contribution is -0.138. The minimum Gasteiger partial charge on any atom is -0.370 e. The quantitative estimate of drug-likeness (QED) is 0.654. The molecule has 0 radical (unpaired) electrons. The van der Waals surface area contributed by atoms with E-state index in [0.717, 1.165) is 11.6 Å². The molecule has 0 unspecified atom stereocenters. The van der Waals surface area contributed by atoms with Crippen LogP contribution in [0.3, 0.4) is 0 Å². The SMILES string of the molecule is O=C(c1cccnc1)c1nc(NCCc2ccccc2)ccc1C(F)(F)F. The Bertz CT molecular complexity index is 913. The molecule has 4 nitrogen and oxygen atoms in total. The Morgan fingerprint density at radius 2 is 1.78 bits per heavy atom. The second kappa shape index (κ2) is 7.99. The zero-order valence-electron chi connectivity index (χ0n) is 14.2. The molecule has 3 aromatic rings. The first-order chi connectivity index (χ1) is 12.9. The third-order valence-electron chi connectivity index (χ3n) is 3.90. The number of benzene rings is 1. The number of halogens is 3. The van der Waals surface area contributed by atoms with E-state index in [9.17, 15) is 18.0 Å². The molecule has 1 aromatic carbocycles. The van der Waals surface area contributed by atoms with E-state index in [0.29, 0.717) is 13.0 Å². The van der Waals surface area contributed by atoms with Gasteiger partial charge in [-0.3, -0.25) is 9.78 Å². The number of hydrogen-bond acceptors (Lipinski definition) is 4. The zero-order chi connectivity index (χ0) is 19.3. The molecule has 0 amide bonds. The Hall–Kier alpha value is -3.22. The monoisotopic (exact) mass is 371 g/mol. The van der Waals surface area contributed by atoms with E-state index in [2.05, 4.69) is 15.3 Å². The molecule has 2 aromatic heterocycles. The summed E-state index contributed by atoms with van der Waals surface area (Å²) in [7, 11) is 0. The van der Waals surface area contributed by atoms with Crippen molar-refractivity contribution in [3.8, 4) is 0 Å². The van der Waals surface area contributed by atoms with Gasteiger partial charge in [-0.15, -0.1) is 0 Å². The summed E-state index contributed by atoms with van der Waals surface area (Å²) in [5.41, 5.74) is -0.564. The molecule has 0 spiro atoms. The Morgan fingerprint density at radius 3 is 2.44 bits per heavy atom. The van der Waals surface area contributed by atoms with Crippen molar-refractivity contribution >= 4 is 11.6 Å². The summed E-state index contributed by atoms with van der Waals surface area (Å²) in [5.74, 6) is -0.603. The van der Waals surface area contributed by atoms with Gasteiger partial charge in [0.1, 0.15) is 11.5 Å². The predicted molar refractivity (Wildman–Crippen MR) is 95.5 cm³/mol. The molecule has 0 fully saturated rings. The largest absolute Gasteiger partial charge is 0.418 e. The van der Waals surface area contributed by atoms with Crippen LogP contribution in [0, 0.1) is 0 Å². The van der Waals surface area contributed by atoms with E-state index >= 15 is 0 Å². The van der Waals surface area contributed by atoms with Gasteiger partial charge in [0.15, 0.2) is 0 Å². The average molecular weight is 371 g/mol. The minimum atomic E-state index is -4.68. The molecule has 27 heavy (non-hydrogen) atoms. The van der Waals surface area contributed by atoms with Gasteiger partial charge in [0.2, 0.25) is 5.78 Å². The smallest absolute Gasteiger partial charge is 0.370 e. The molecular weight excluding hydrogens is 355 g/mol. The van der Waals surface area contributed by atoms with Gasteiger partial charge in [0.25, 0.3) is 0 Å². The maximum atomic E-state index is 13.3. The molecule has 0 aliphatic heterocycles. The second-order valence-electron chi connectivity index (χ2n) is 5.82. The van der Waals surface area contributed by atoms with Gasteiger partial charge < -0.3 is 5.32 Å². The molecule has 1 N–H and O–H groups in total. The van der Waals surface area contributed by atoms with Crippen molar-refractivity contribution in [1.82, 2.24) is 9.97 Å². The maximum absolute atomic E-state index is 13.3. The number of pyridine rings is 2. The van der Waals surface area contributed by atoms with Gasteiger partial charge in [-0.1, -0.05) is 30.3 Å². The minimum absolute atomic E-state index is 0.0527. The number of rotatable bonds is 6. The van der Waals surface area contributed by atoms with Crippen LogP contribution in [0.2, 0.25) is 0 Å². The lowest BCUT2D eigenvalue weighted by atomic mass is 10.0. The normalized spacial score (nSPS) is 11.2. The fourth-order valence-corrected chi connectivity index (χ4v) is 2.57. The first kappa shape index (κ1) is 18.6. The molecule has 138 valence electrons. The average Bonchev–Trinajstić information content (AvgIpc) is 2.68. The van der Waals surface area contributed by atoms with Crippen molar-refractivity contribution in [1.29, 1.82) is 0 Å². The number of nitrogens with one attached hydrogen (secondary N) is 1. The van der Waals surface area contributed by atoms with Crippen molar-refractivity contribution in [2.45, 2.75) is 12.6 Å². The van der Waals surface area contributed by atoms with E-state index in [1.54, 1.807) is 0 Å². The standard InChI is InChI=1S/C20H16F3N3O/c21-20(22,23)16-8-9-17(25-12-10-14-5-2-1-3-6-14)26-18(16)19(27)15-7-4-11-24-13-15/h1-9,11,13H,10,12H2,(H,25,26). The van der Waals surface area contributed by atoms with Gasteiger partial charge in [-0.2, -0.15) is 13.2 Å². The van der Waals surface area contributed by atoms with Gasteiger partial charge >= 0.3 is 6.18 Å². The van der Waals surface area contributed by atoms with Gasteiger partial charge in [-0.25, -0.2) is 4.98 Å². The summed E-state index contributed by atoms with van der Waals surface area (Å²) >= 11 is 0. The fourth-order valence-electron chi connectivity index (χ4n) is 2.57. The summed E-state index contributed by atoms with van der Waals surface area (Å²) in [6, 6.07) is 14.7. The molecule has 7 heteroatoms. The summed E-state index contributed by atoms with van der Waals surface area (Å²) in [5, 5.41) is 2.97. The predicted octanol–water partition coefficient (Wildman–Crippen LogP) is 4.38. The summed E-state index contributed by atoms with van der Waals surface area (Å²) in [4.78, 5) is 20.3. The molecule has 0 saturated carbocycles. The Balaban J connectivity index is 1.83. The molecule has 0 aliphatic carbocycles. The fraction of sp³-hybridized carbons (Fsp3) is 0.150. The first-order valence-electron chi connectivity index (χ1n) is 8.26. The third kappa shape index (κ3) is 4.69. The number of carbonyl (C=O) groups excluding carboxylic acids is 1. The number of ketones is 1. The number of anilines is 1. The van der Waals surface area contributed by atoms with Gasteiger partial charge in [-0.05, 0) is 36.2 Å². The van der Waals surface area contributed by atoms with Crippen LogP contribution < -0.4 is 5.32 Å². The Labute approximate surface area is 154 Å². The molecule has 0 aliphatic rings. The lowest BCUT2D eigenvalue weighted by Crippen LogP contribution is -2.17. The Kier molecular flexibility index (Phi) is 5.49. The number of alkyl halides is 3. The molecule has 0 saturated heterocycles. The summed E-state index contributed by atoms with van der Waals surface area (Å²) < 4.78 is 39.9. The van der Waals surface area contributed by atoms with Crippen LogP contribution in [0.4, 0.5) is 19.0 Å². The topological polar surface area (TPSA) is 54.9 Å². The van der Waals surface area contributed by atoms with Crippen LogP contribution in [0.25, 0.3) is 0 Å². The van der Waals surface area contributed by atoms with Crippen molar-refractivity contribution in [2.75, 3.05) is 11.9 Å². The summed E-state index contributed by atoms with van der Waals surface area (Å²) in [6.07, 6.45) is -1.34. The van der Waals surface area contributed by atoms with E-state index in [4.69, 9.17) is 0 Å². The highest BCUT2D eigenvalue weighted by Gasteiger charge is 2.36. The van der Waals surface area contributed by atoms with Crippen LogP contribution >= 0.6 is 0 Å². The van der Waals surface area contributed by atoms with Crippen molar-refractivity contribution in [3.63, 3.8) is 0 Å². The van der Waals surface area contributed by atoms with Crippen molar-refractivity contribution < 1.29 is 18.0 Å². The van der Waals surface area contributed by atoms with E-state index < -0.39 is 23.2 Å². The Morgan fingerprint density at radius 1 is 1.00 bits per heavy atom. The second-order valence-corrected chi connectivity index (χ2v) is 5.82. The maximum Gasteiger partial charge on any atom is 0.418 e. The number of nitrogens with zero attached hydrogens (tertiary/aromatic N) is 2. The van der Waals surface area contributed by atoms with Crippen LogP contribution in [-0.2, 0) is 12.6 Å². The molecule has 2 heterocycles. The first-order valence-corrected chi connectivity index (χ1v) is 8.26. The van der Waals surface area contributed by atoms with Crippen LogP contribution in [-0.4, -0.2) is 22.3 Å². The molecule has 3 rings (SSSR count). The van der Waals surface area contributed by atoms with Gasteiger partial charge in [0.05, 0.1) is 5.56 Å². The van der Waals surface area contributed by atoms with E-state index in [1.165, 1.54) is 30.6 Å². The highest BCUT2D eigenvalue weighted by atomic mass is 19.4. The van der Waals surface area contributed by atoms with Crippen molar-refractivity contribution in [3.05, 3.63) is 89.4 Å². The molecular formula is C20H16F3N3O. The number of aromatic nitrogens is 2. The number of carbonyl (C=O) groups is 1. The van der Waals surface area contributed by atoms with Crippen LogP contribution in [0.1, 0.15) is 27.2 Å². The van der Waals surface area contributed by atoms with Crippen LogP contribution in [0.15, 0.2) is 67.0 Å². The zero-order valence-corrected chi connectivity index (χ0v) is 14.2. The third-order valence-corrected chi connectivity index (χ3v) is 3.90. The number of hydrogen-bond donors (Lipinski definition) is 1. The highest BCUT2D eigenvalue weighted by molar-refractivity contribution is 6.08. The van der Waals surface area contributed by atoms with E-state index in [-0.39, 0.29) is 11.4 Å². The molecule has 0 atom stereocenters. The molecule has 0 bridgehead atoms. The highest BCUT2D eigenvalue weighted by Crippen LogP contribution is 2.33. The summed E-state index contributed by atoms with van der Waals surface area (Å²) in [6.45, 7) is 0.475. The van der Waals surface area contributed by atoms with Crippen LogP contribution in [0.5, 0.6) is 0 Å².